The minimum Gasteiger partial charge on any atom is -0.376 e. The minimum absolute atomic E-state index is 0. The molecule has 2 atom stereocenters. The third-order valence-electron chi connectivity index (χ3n) is 6.12. The topological polar surface area (TPSA) is 66.0 Å². The molecule has 2 aromatic rings. The molecule has 2 aromatic carbocycles. The van der Waals surface area contributed by atoms with Crippen molar-refractivity contribution in [1.82, 2.24) is 15.5 Å². The van der Waals surface area contributed by atoms with Gasteiger partial charge in [-0.2, -0.15) is 0 Å². The quantitative estimate of drug-likeness (QED) is 0.328. The smallest absolute Gasteiger partial charge is 0.251 e. The zero-order valence-electron chi connectivity index (χ0n) is 18.6. The summed E-state index contributed by atoms with van der Waals surface area (Å²) in [5, 5.41) is 6.46. The highest BCUT2D eigenvalue weighted by Gasteiger charge is 2.25. The molecule has 2 fully saturated rings. The molecule has 2 heterocycles. The van der Waals surface area contributed by atoms with Crippen LogP contribution in [0.1, 0.15) is 46.7 Å². The molecule has 0 spiro atoms. The third kappa shape index (κ3) is 6.45. The van der Waals surface area contributed by atoms with Gasteiger partial charge in [-0.15, -0.1) is 24.0 Å². The Hall–Kier alpha value is -2.13. The fourth-order valence-electron chi connectivity index (χ4n) is 4.40. The number of amides is 1. The number of benzene rings is 2. The van der Waals surface area contributed by atoms with Gasteiger partial charge in [0.2, 0.25) is 0 Å². The Labute approximate surface area is 207 Å². The van der Waals surface area contributed by atoms with E-state index in [9.17, 15) is 4.79 Å². The lowest BCUT2D eigenvalue weighted by Crippen LogP contribution is -2.39. The standard InChI is InChI=1S/C25H32N4O2.HI/c1-26-25(29-13-12-22(18-29)20-8-3-2-4-9-20)28-16-19-7-5-10-21(15-19)24(30)27-17-23-11-6-14-31-23;/h2-5,7-10,15,22-23H,6,11-14,16-18H2,1H3,(H,26,28)(H,27,30);1H. The Balaban J connectivity index is 0.00000289. The number of guanidine groups is 1. The van der Waals surface area contributed by atoms with E-state index in [1.54, 1.807) is 0 Å². The number of nitrogens with one attached hydrogen (secondary N) is 2. The molecule has 0 radical (unpaired) electrons. The van der Waals surface area contributed by atoms with E-state index in [1.165, 1.54) is 5.56 Å². The van der Waals surface area contributed by atoms with Gasteiger partial charge in [-0.25, -0.2) is 0 Å². The van der Waals surface area contributed by atoms with Crippen molar-refractivity contribution in [3.63, 3.8) is 0 Å². The fraction of sp³-hybridized carbons (Fsp3) is 0.440. The molecule has 2 aliphatic heterocycles. The van der Waals surface area contributed by atoms with E-state index in [2.05, 4.69) is 50.9 Å². The predicted octanol–water partition coefficient (Wildman–Crippen LogP) is 3.78. The Morgan fingerprint density at radius 1 is 1.12 bits per heavy atom. The number of likely N-dealkylation sites (tertiary alicyclic amines) is 1. The Bertz CT molecular complexity index is 900. The molecule has 0 bridgehead atoms. The number of hydrogen-bond donors (Lipinski definition) is 2. The summed E-state index contributed by atoms with van der Waals surface area (Å²) in [7, 11) is 1.83. The van der Waals surface area contributed by atoms with Gasteiger partial charge in [0.15, 0.2) is 5.96 Å². The highest BCUT2D eigenvalue weighted by Crippen LogP contribution is 2.26. The van der Waals surface area contributed by atoms with Gasteiger partial charge in [0.25, 0.3) is 5.91 Å². The minimum atomic E-state index is -0.0491. The van der Waals surface area contributed by atoms with Crippen LogP contribution in [0.4, 0.5) is 0 Å². The van der Waals surface area contributed by atoms with E-state index in [4.69, 9.17) is 4.74 Å². The normalized spacial score (nSPS) is 20.7. The van der Waals surface area contributed by atoms with Crippen LogP contribution in [0.2, 0.25) is 0 Å². The van der Waals surface area contributed by atoms with Crippen LogP contribution >= 0.6 is 24.0 Å². The number of rotatable bonds is 6. The van der Waals surface area contributed by atoms with Gasteiger partial charge < -0.3 is 20.3 Å². The highest BCUT2D eigenvalue weighted by molar-refractivity contribution is 14.0. The zero-order valence-corrected chi connectivity index (χ0v) is 21.0. The van der Waals surface area contributed by atoms with Gasteiger partial charge in [-0.3, -0.25) is 9.79 Å². The Morgan fingerprint density at radius 2 is 1.97 bits per heavy atom. The first-order valence-corrected chi connectivity index (χ1v) is 11.2. The van der Waals surface area contributed by atoms with Crippen molar-refractivity contribution in [1.29, 1.82) is 0 Å². The molecule has 4 rings (SSSR count). The second-order valence-corrected chi connectivity index (χ2v) is 8.29. The van der Waals surface area contributed by atoms with Gasteiger partial charge in [0, 0.05) is 51.3 Å². The van der Waals surface area contributed by atoms with E-state index in [1.807, 2.05) is 31.3 Å². The summed E-state index contributed by atoms with van der Waals surface area (Å²) in [6.07, 6.45) is 3.37. The first-order valence-electron chi connectivity index (χ1n) is 11.2. The zero-order chi connectivity index (χ0) is 21.5. The maximum atomic E-state index is 12.5. The van der Waals surface area contributed by atoms with E-state index in [0.29, 0.717) is 24.6 Å². The predicted molar refractivity (Wildman–Crippen MR) is 139 cm³/mol. The fourth-order valence-corrected chi connectivity index (χ4v) is 4.40. The average molecular weight is 548 g/mol. The van der Waals surface area contributed by atoms with Crippen molar-refractivity contribution in [2.45, 2.75) is 37.8 Å². The van der Waals surface area contributed by atoms with Crippen LogP contribution in [0.5, 0.6) is 0 Å². The summed E-state index contributed by atoms with van der Waals surface area (Å²) >= 11 is 0. The van der Waals surface area contributed by atoms with Gasteiger partial charge in [-0.05, 0) is 42.5 Å². The Morgan fingerprint density at radius 3 is 2.72 bits per heavy atom. The maximum Gasteiger partial charge on any atom is 0.251 e. The first-order chi connectivity index (χ1) is 15.2. The van der Waals surface area contributed by atoms with Crippen molar-refractivity contribution < 1.29 is 9.53 Å². The van der Waals surface area contributed by atoms with E-state index < -0.39 is 0 Å². The van der Waals surface area contributed by atoms with Crippen LogP contribution in [0.3, 0.4) is 0 Å². The number of carbonyl (C=O) groups excluding carboxylic acids is 1. The Kier molecular flexibility index (Phi) is 9.35. The molecule has 32 heavy (non-hydrogen) atoms. The summed E-state index contributed by atoms with van der Waals surface area (Å²) in [4.78, 5) is 19.3. The number of nitrogens with zero attached hydrogens (tertiary/aromatic N) is 2. The highest BCUT2D eigenvalue weighted by atomic mass is 127. The lowest BCUT2D eigenvalue weighted by Gasteiger charge is -2.22. The molecule has 2 unspecified atom stereocenters. The SMILES string of the molecule is CN=C(NCc1cccc(C(=O)NCC2CCCO2)c1)N1CCC(c2ccccc2)C1.I. The maximum absolute atomic E-state index is 12.5. The third-order valence-corrected chi connectivity index (χ3v) is 6.12. The molecule has 1 amide bonds. The van der Waals surface area contributed by atoms with Gasteiger partial charge in [0.05, 0.1) is 6.10 Å². The molecule has 2 N–H and O–H groups in total. The molecule has 6 nitrogen and oxygen atoms in total. The van der Waals surface area contributed by atoms with Crippen molar-refractivity contribution in [2.24, 2.45) is 4.99 Å². The first kappa shape index (κ1) is 24.5. The van der Waals surface area contributed by atoms with Crippen molar-refractivity contribution in [3.8, 4) is 0 Å². The number of ether oxygens (including phenoxy) is 1. The average Bonchev–Trinajstić information content (AvgIpc) is 3.51. The molecule has 7 heteroatoms. The number of aliphatic imine (C=N–C) groups is 1. The molecule has 2 aliphatic rings. The summed E-state index contributed by atoms with van der Waals surface area (Å²) in [6.45, 7) is 3.96. The summed E-state index contributed by atoms with van der Waals surface area (Å²) in [5.74, 6) is 1.40. The number of carbonyl (C=O) groups is 1. The molecule has 0 aliphatic carbocycles. The van der Waals surface area contributed by atoms with E-state index >= 15 is 0 Å². The number of halogens is 1. The molecular formula is C25H33IN4O2. The van der Waals surface area contributed by atoms with Gasteiger partial charge in [0.1, 0.15) is 0 Å². The lowest BCUT2D eigenvalue weighted by atomic mass is 9.99. The van der Waals surface area contributed by atoms with Crippen LogP contribution in [0.15, 0.2) is 59.6 Å². The molecule has 0 aromatic heterocycles. The molecule has 2 saturated heterocycles. The van der Waals surface area contributed by atoms with Gasteiger partial charge >= 0.3 is 0 Å². The summed E-state index contributed by atoms with van der Waals surface area (Å²) in [6, 6.07) is 18.5. The number of hydrogen-bond acceptors (Lipinski definition) is 3. The van der Waals surface area contributed by atoms with Crippen LogP contribution in [-0.2, 0) is 11.3 Å². The van der Waals surface area contributed by atoms with Crippen LogP contribution in [0.25, 0.3) is 0 Å². The van der Waals surface area contributed by atoms with Crippen molar-refractivity contribution in [2.75, 3.05) is 33.3 Å². The van der Waals surface area contributed by atoms with E-state index in [0.717, 1.165) is 50.5 Å². The second kappa shape index (κ2) is 12.2. The van der Waals surface area contributed by atoms with Crippen LogP contribution in [0, 0.1) is 0 Å². The van der Waals surface area contributed by atoms with Crippen LogP contribution < -0.4 is 10.6 Å². The largest absolute Gasteiger partial charge is 0.376 e. The summed E-state index contributed by atoms with van der Waals surface area (Å²) < 4.78 is 5.58. The monoisotopic (exact) mass is 548 g/mol. The van der Waals surface area contributed by atoms with Gasteiger partial charge in [-0.1, -0.05) is 42.5 Å². The lowest BCUT2D eigenvalue weighted by molar-refractivity contribution is 0.0857. The van der Waals surface area contributed by atoms with E-state index in [-0.39, 0.29) is 36.0 Å². The molecule has 0 saturated carbocycles. The second-order valence-electron chi connectivity index (χ2n) is 8.29. The molecule has 172 valence electrons. The van der Waals surface area contributed by atoms with Crippen LogP contribution in [-0.4, -0.2) is 56.2 Å². The summed E-state index contributed by atoms with van der Waals surface area (Å²) in [5.41, 5.74) is 3.13. The van der Waals surface area contributed by atoms with Crippen molar-refractivity contribution >= 4 is 35.8 Å². The van der Waals surface area contributed by atoms with Crippen molar-refractivity contribution in [3.05, 3.63) is 71.3 Å². The molecular weight excluding hydrogens is 515 g/mol.